The van der Waals surface area contributed by atoms with Gasteiger partial charge in [-0.25, -0.2) is 4.79 Å². The molecule has 3 N–H and O–H groups in total. The van der Waals surface area contributed by atoms with Gasteiger partial charge in [0.05, 0.1) is 6.54 Å². The molecule has 2 rings (SSSR count). The van der Waals surface area contributed by atoms with E-state index in [2.05, 4.69) is 27.7 Å². The third-order valence-electron chi connectivity index (χ3n) is 3.93. The van der Waals surface area contributed by atoms with E-state index in [0.29, 0.717) is 6.54 Å². The molecule has 0 aliphatic heterocycles. The second kappa shape index (κ2) is 8.65. The van der Waals surface area contributed by atoms with Gasteiger partial charge in [-0.05, 0) is 37.7 Å². The summed E-state index contributed by atoms with van der Waals surface area (Å²) in [6.07, 6.45) is 0. The molecule has 2 aromatic rings. The van der Waals surface area contributed by atoms with Crippen LogP contribution in [0, 0.1) is 0 Å². The lowest BCUT2D eigenvalue weighted by Crippen LogP contribution is -2.43. The van der Waals surface area contributed by atoms with Crippen molar-refractivity contribution in [3.8, 4) is 0 Å². The molecule has 0 aliphatic carbocycles. The van der Waals surface area contributed by atoms with Crippen LogP contribution in [-0.4, -0.2) is 36.7 Å². The van der Waals surface area contributed by atoms with Crippen LogP contribution < -0.4 is 10.6 Å². The van der Waals surface area contributed by atoms with Crippen molar-refractivity contribution in [2.75, 3.05) is 20.6 Å². The number of nitrogens with one attached hydrogen (secondary N) is 2. The Hall–Kier alpha value is -2.37. The van der Waals surface area contributed by atoms with Gasteiger partial charge in [0.25, 0.3) is 0 Å². The van der Waals surface area contributed by atoms with Crippen LogP contribution in [0.2, 0.25) is 0 Å². The Morgan fingerprint density at radius 2 is 1.72 bits per heavy atom. The number of carbonyl (C=O) groups excluding carboxylic acids is 1. The molecule has 25 heavy (non-hydrogen) atoms. The molecule has 1 atom stereocenters. The lowest BCUT2D eigenvalue weighted by Gasteiger charge is -2.24. The Kier molecular flexibility index (Phi) is 6.56. The SMILES string of the molecule is CN(C)Cc1cccc(CNC(=O)NCC(C)(O)c2ccccc2)c1. The van der Waals surface area contributed by atoms with E-state index in [4.69, 9.17) is 0 Å². The molecule has 5 heteroatoms. The van der Waals surface area contributed by atoms with Gasteiger partial charge in [0, 0.05) is 13.1 Å². The van der Waals surface area contributed by atoms with Crippen molar-refractivity contribution >= 4 is 6.03 Å². The zero-order chi connectivity index (χ0) is 18.3. The highest BCUT2D eigenvalue weighted by atomic mass is 16.3. The average Bonchev–Trinajstić information content (AvgIpc) is 2.59. The van der Waals surface area contributed by atoms with Crippen LogP contribution in [0.4, 0.5) is 4.79 Å². The fourth-order valence-electron chi connectivity index (χ4n) is 2.60. The smallest absolute Gasteiger partial charge is 0.315 e. The zero-order valence-corrected chi connectivity index (χ0v) is 15.1. The first-order valence-electron chi connectivity index (χ1n) is 8.39. The predicted octanol–water partition coefficient (Wildman–Crippen LogP) is 2.46. The lowest BCUT2D eigenvalue weighted by molar-refractivity contribution is 0.0594. The van der Waals surface area contributed by atoms with Gasteiger partial charge in [-0.1, -0.05) is 54.6 Å². The summed E-state index contributed by atoms with van der Waals surface area (Å²) in [5.74, 6) is 0. The van der Waals surface area contributed by atoms with Crippen LogP contribution >= 0.6 is 0 Å². The maximum absolute atomic E-state index is 12.0. The topological polar surface area (TPSA) is 64.6 Å². The van der Waals surface area contributed by atoms with Crippen LogP contribution in [-0.2, 0) is 18.7 Å². The maximum Gasteiger partial charge on any atom is 0.315 e. The molecule has 0 aliphatic rings. The summed E-state index contributed by atoms with van der Waals surface area (Å²) in [6, 6.07) is 17.1. The molecule has 5 nitrogen and oxygen atoms in total. The molecule has 0 heterocycles. The third kappa shape index (κ3) is 6.21. The second-order valence-electron chi connectivity index (χ2n) is 6.73. The monoisotopic (exact) mass is 341 g/mol. The molecule has 0 bridgehead atoms. The van der Waals surface area contributed by atoms with Crippen molar-refractivity contribution < 1.29 is 9.90 Å². The summed E-state index contributed by atoms with van der Waals surface area (Å²) in [6.45, 7) is 3.14. The highest BCUT2D eigenvalue weighted by molar-refractivity contribution is 5.73. The fraction of sp³-hybridized carbons (Fsp3) is 0.350. The molecule has 2 amide bonds. The number of benzene rings is 2. The van der Waals surface area contributed by atoms with E-state index >= 15 is 0 Å². The van der Waals surface area contributed by atoms with Gasteiger partial charge in [-0.3, -0.25) is 0 Å². The Morgan fingerprint density at radius 1 is 1.04 bits per heavy atom. The minimum Gasteiger partial charge on any atom is -0.384 e. The van der Waals surface area contributed by atoms with Gasteiger partial charge in [0.1, 0.15) is 5.60 Å². The number of aliphatic hydroxyl groups is 1. The summed E-state index contributed by atoms with van der Waals surface area (Å²) >= 11 is 0. The number of urea groups is 1. The van der Waals surface area contributed by atoms with Crippen molar-refractivity contribution in [3.63, 3.8) is 0 Å². The average molecular weight is 341 g/mol. The molecule has 2 aromatic carbocycles. The molecular formula is C20H27N3O2. The number of carbonyl (C=O) groups is 1. The largest absolute Gasteiger partial charge is 0.384 e. The summed E-state index contributed by atoms with van der Waals surface area (Å²) in [4.78, 5) is 14.1. The van der Waals surface area contributed by atoms with Crippen molar-refractivity contribution in [1.82, 2.24) is 15.5 Å². The van der Waals surface area contributed by atoms with Gasteiger partial charge in [-0.2, -0.15) is 0 Å². The number of rotatable bonds is 7. The van der Waals surface area contributed by atoms with Crippen molar-refractivity contribution in [3.05, 3.63) is 71.3 Å². The Labute approximate surface area is 149 Å². The van der Waals surface area contributed by atoms with E-state index in [1.54, 1.807) is 6.92 Å². The first-order valence-corrected chi connectivity index (χ1v) is 8.39. The first-order chi connectivity index (χ1) is 11.9. The molecule has 0 fully saturated rings. The number of hydrogen-bond donors (Lipinski definition) is 3. The number of nitrogens with zero attached hydrogens (tertiary/aromatic N) is 1. The van der Waals surface area contributed by atoms with Crippen LogP contribution in [0.1, 0.15) is 23.6 Å². The highest BCUT2D eigenvalue weighted by Gasteiger charge is 2.23. The third-order valence-corrected chi connectivity index (χ3v) is 3.93. The van der Waals surface area contributed by atoms with E-state index < -0.39 is 5.60 Å². The molecule has 0 radical (unpaired) electrons. The van der Waals surface area contributed by atoms with Gasteiger partial charge < -0.3 is 20.6 Å². The summed E-state index contributed by atoms with van der Waals surface area (Å²) < 4.78 is 0. The van der Waals surface area contributed by atoms with Gasteiger partial charge in [0.15, 0.2) is 0 Å². The van der Waals surface area contributed by atoms with Crippen molar-refractivity contribution in [2.45, 2.75) is 25.6 Å². The number of amides is 2. The minimum atomic E-state index is -1.11. The first kappa shape index (κ1) is 19.0. The second-order valence-corrected chi connectivity index (χ2v) is 6.73. The molecule has 0 saturated heterocycles. The number of hydrogen-bond acceptors (Lipinski definition) is 3. The van der Waals surface area contributed by atoms with E-state index in [1.807, 2.05) is 56.6 Å². The quantitative estimate of drug-likeness (QED) is 0.725. The van der Waals surface area contributed by atoms with Gasteiger partial charge in [-0.15, -0.1) is 0 Å². The molecule has 134 valence electrons. The fourth-order valence-corrected chi connectivity index (χ4v) is 2.60. The molecule has 0 aromatic heterocycles. The lowest BCUT2D eigenvalue weighted by atomic mass is 9.96. The normalized spacial score (nSPS) is 13.3. The van der Waals surface area contributed by atoms with Gasteiger partial charge >= 0.3 is 6.03 Å². The van der Waals surface area contributed by atoms with E-state index in [-0.39, 0.29) is 12.6 Å². The minimum absolute atomic E-state index is 0.142. The Bertz CT molecular complexity index is 684. The summed E-state index contributed by atoms with van der Waals surface area (Å²) in [7, 11) is 4.05. The molecule has 0 saturated carbocycles. The summed E-state index contributed by atoms with van der Waals surface area (Å²) in [5, 5.41) is 16.1. The van der Waals surface area contributed by atoms with E-state index in [1.165, 1.54) is 5.56 Å². The maximum atomic E-state index is 12.0. The van der Waals surface area contributed by atoms with Crippen LogP contribution in [0.3, 0.4) is 0 Å². The predicted molar refractivity (Wildman–Crippen MR) is 100 cm³/mol. The van der Waals surface area contributed by atoms with Crippen molar-refractivity contribution in [2.24, 2.45) is 0 Å². The Morgan fingerprint density at radius 3 is 2.40 bits per heavy atom. The molecular weight excluding hydrogens is 314 g/mol. The van der Waals surface area contributed by atoms with Crippen LogP contribution in [0.5, 0.6) is 0 Å². The van der Waals surface area contributed by atoms with Gasteiger partial charge in [0.2, 0.25) is 0 Å². The standard InChI is InChI=1S/C20H27N3O2/c1-20(25,18-10-5-4-6-11-18)15-22-19(24)21-13-16-8-7-9-17(12-16)14-23(2)3/h4-12,25H,13-15H2,1-3H3,(H2,21,22,24). The van der Waals surface area contributed by atoms with E-state index in [0.717, 1.165) is 17.7 Å². The van der Waals surface area contributed by atoms with Crippen LogP contribution in [0.25, 0.3) is 0 Å². The zero-order valence-electron chi connectivity index (χ0n) is 15.1. The van der Waals surface area contributed by atoms with E-state index in [9.17, 15) is 9.90 Å². The molecule has 1 unspecified atom stereocenters. The van der Waals surface area contributed by atoms with Crippen LogP contribution in [0.15, 0.2) is 54.6 Å². The Balaban J connectivity index is 1.83. The van der Waals surface area contributed by atoms with Crippen molar-refractivity contribution in [1.29, 1.82) is 0 Å². The molecule has 0 spiro atoms. The highest BCUT2D eigenvalue weighted by Crippen LogP contribution is 2.18. The summed E-state index contributed by atoms with van der Waals surface area (Å²) in [5.41, 5.74) is 1.91.